The van der Waals surface area contributed by atoms with Crippen molar-refractivity contribution in [1.82, 2.24) is 9.55 Å². The number of rotatable bonds is 3. The molecule has 0 bridgehead atoms. The Hall–Kier alpha value is -1.84. The molecular formula is C13H16N2O2. The first-order valence-corrected chi connectivity index (χ1v) is 5.76. The molecule has 0 aromatic carbocycles. The molecule has 2 aromatic heterocycles. The minimum Gasteiger partial charge on any atom is -0.478 e. The van der Waals surface area contributed by atoms with Crippen molar-refractivity contribution in [3.8, 4) is 0 Å². The van der Waals surface area contributed by atoms with E-state index in [0.29, 0.717) is 5.56 Å². The Balaban J connectivity index is 2.84. The van der Waals surface area contributed by atoms with Crippen LogP contribution in [0.1, 0.15) is 42.4 Å². The lowest BCUT2D eigenvalue weighted by Gasteiger charge is -2.14. The molecule has 0 radical (unpaired) electrons. The van der Waals surface area contributed by atoms with Gasteiger partial charge in [-0.1, -0.05) is 6.92 Å². The maximum absolute atomic E-state index is 11.3. The second-order valence-corrected chi connectivity index (χ2v) is 4.27. The van der Waals surface area contributed by atoms with Crippen LogP contribution >= 0.6 is 0 Å². The van der Waals surface area contributed by atoms with Gasteiger partial charge in [0.25, 0.3) is 0 Å². The molecule has 0 aliphatic rings. The van der Waals surface area contributed by atoms with Gasteiger partial charge in [0.15, 0.2) is 0 Å². The summed E-state index contributed by atoms with van der Waals surface area (Å²) in [4.78, 5) is 15.6. The standard InChI is InChI=1S/C13H16N2O2/c1-4-8(2)15-9(3)11(13(16)17)10-6-5-7-14-12(10)15/h5-8H,4H2,1-3H3,(H,16,17). The van der Waals surface area contributed by atoms with Gasteiger partial charge in [0.05, 0.1) is 5.56 Å². The SMILES string of the molecule is CCC(C)n1c(C)c(C(=O)O)c2cccnc21. The van der Waals surface area contributed by atoms with Gasteiger partial charge in [-0.05, 0) is 32.4 Å². The molecule has 0 amide bonds. The Morgan fingerprint density at radius 2 is 2.29 bits per heavy atom. The Morgan fingerprint density at radius 3 is 2.88 bits per heavy atom. The van der Waals surface area contributed by atoms with Gasteiger partial charge in [-0.3, -0.25) is 0 Å². The van der Waals surface area contributed by atoms with E-state index in [1.54, 1.807) is 12.3 Å². The third kappa shape index (κ3) is 1.69. The van der Waals surface area contributed by atoms with Gasteiger partial charge in [0, 0.05) is 23.3 Å². The predicted molar refractivity (Wildman–Crippen MR) is 66.4 cm³/mol. The lowest BCUT2D eigenvalue weighted by molar-refractivity contribution is 0.0698. The molecule has 2 heterocycles. The van der Waals surface area contributed by atoms with Gasteiger partial charge in [-0.25, -0.2) is 9.78 Å². The number of fused-ring (bicyclic) bond motifs is 1. The number of hydrogen-bond acceptors (Lipinski definition) is 2. The van der Waals surface area contributed by atoms with Gasteiger partial charge in [0.1, 0.15) is 5.65 Å². The third-order valence-corrected chi connectivity index (χ3v) is 3.25. The number of nitrogens with zero attached hydrogens (tertiary/aromatic N) is 2. The zero-order valence-corrected chi connectivity index (χ0v) is 10.3. The fraction of sp³-hybridized carbons (Fsp3) is 0.385. The van der Waals surface area contributed by atoms with Crippen LogP contribution in [0.3, 0.4) is 0 Å². The smallest absolute Gasteiger partial charge is 0.338 e. The molecule has 0 saturated carbocycles. The molecule has 4 heteroatoms. The molecule has 2 rings (SSSR count). The lowest BCUT2D eigenvalue weighted by atomic mass is 10.2. The van der Waals surface area contributed by atoms with Gasteiger partial charge in [-0.2, -0.15) is 0 Å². The normalized spacial score (nSPS) is 12.9. The molecule has 0 saturated heterocycles. The number of carbonyl (C=O) groups is 1. The van der Waals surface area contributed by atoms with Crippen LogP contribution in [0.25, 0.3) is 11.0 Å². The topological polar surface area (TPSA) is 55.1 Å². The van der Waals surface area contributed by atoms with Gasteiger partial charge < -0.3 is 9.67 Å². The zero-order chi connectivity index (χ0) is 12.6. The number of pyridine rings is 1. The van der Waals surface area contributed by atoms with Crippen LogP contribution in [0.5, 0.6) is 0 Å². The molecule has 90 valence electrons. The summed E-state index contributed by atoms with van der Waals surface area (Å²) in [5.41, 5.74) is 1.91. The summed E-state index contributed by atoms with van der Waals surface area (Å²) < 4.78 is 2.01. The number of aromatic nitrogens is 2. The zero-order valence-electron chi connectivity index (χ0n) is 10.3. The summed E-state index contributed by atoms with van der Waals surface area (Å²) in [7, 11) is 0. The minimum atomic E-state index is -0.887. The lowest BCUT2D eigenvalue weighted by Crippen LogP contribution is -2.08. The molecular weight excluding hydrogens is 216 g/mol. The van der Waals surface area contributed by atoms with Crippen molar-refractivity contribution in [3.63, 3.8) is 0 Å². The second kappa shape index (κ2) is 4.20. The summed E-state index contributed by atoms with van der Waals surface area (Å²) in [6.07, 6.45) is 2.65. The van der Waals surface area contributed by atoms with E-state index in [-0.39, 0.29) is 6.04 Å². The van der Waals surface area contributed by atoms with Crippen molar-refractivity contribution in [3.05, 3.63) is 29.6 Å². The van der Waals surface area contributed by atoms with Gasteiger partial charge in [0.2, 0.25) is 0 Å². The summed E-state index contributed by atoms with van der Waals surface area (Å²) in [5, 5.41) is 10.0. The molecule has 4 nitrogen and oxygen atoms in total. The molecule has 1 unspecified atom stereocenters. The first kappa shape index (κ1) is 11.6. The molecule has 0 fully saturated rings. The van der Waals surface area contributed by atoms with E-state index in [1.165, 1.54) is 0 Å². The van der Waals surface area contributed by atoms with Crippen LogP contribution in [0.4, 0.5) is 0 Å². The molecule has 1 atom stereocenters. The highest BCUT2D eigenvalue weighted by atomic mass is 16.4. The van der Waals surface area contributed by atoms with Crippen LogP contribution < -0.4 is 0 Å². The highest BCUT2D eigenvalue weighted by Crippen LogP contribution is 2.28. The Labute approximate surface area is 99.9 Å². The maximum atomic E-state index is 11.3. The van der Waals surface area contributed by atoms with Crippen LogP contribution in [0.15, 0.2) is 18.3 Å². The van der Waals surface area contributed by atoms with Crippen LogP contribution in [-0.2, 0) is 0 Å². The average molecular weight is 232 g/mol. The predicted octanol–water partition coefficient (Wildman–Crippen LogP) is 3.01. The van der Waals surface area contributed by atoms with E-state index in [1.807, 2.05) is 17.6 Å². The van der Waals surface area contributed by atoms with Crippen molar-refractivity contribution in [2.75, 3.05) is 0 Å². The Kier molecular flexibility index (Phi) is 2.88. The van der Waals surface area contributed by atoms with Gasteiger partial charge >= 0.3 is 5.97 Å². The molecule has 17 heavy (non-hydrogen) atoms. The number of hydrogen-bond donors (Lipinski definition) is 1. The summed E-state index contributed by atoms with van der Waals surface area (Å²) in [6, 6.07) is 3.84. The van der Waals surface area contributed by atoms with E-state index in [0.717, 1.165) is 23.1 Å². The van der Waals surface area contributed by atoms with Crippen molar-refractivity contribution in [2.45, 2.75) is 33.2 Å². The maximum Gasteiger partial charge on any atom is 0.338 e. The highest BCUT2D eigenvalue weighted by molar-refractivity contribution is 6.04. The monoisotopic (exact) mass is 232 g/mol. The molecule has 0 aliphatic carbocycles. The quantitative estimate of drug-likeness (QED) is 0.885. The fourth-order valence-corrected chi connectivity index (χ4v) is 2.25. The minimum absolute atomic E-state index is 0.250. The molecule has 0 aliphatic heterocycles. The van der Waals surface area contributed by atoms with Crippen LogP contribution in [0, 0.1) is 6.92 Å². The summed E-state index contributed by atoms with van der Waals surface area (Å²) >= 11 is 0. The summed E-state index contributed by atoms with van der Waals surface area (Å²) in [5.74, 6) is -0.887. The van der Waals surface area contributed by atoms with Gasteiger partial charge in [-0.15, -0.1) is 0 Å². The second-order valence-electron chi connectivity index (χ2n) is 4.27. The number of carboxylic acid groups (broad SMARTS) is 1. The Bertz CT molecular complexity index is 572. The highest BCUT2D eigenvalue weighted by Gasteiger charge is 2.21. The molecule has 2 aromatic rings. The van der Waals surface area contributed by atoms with E-state index in [9.17, 15) is 9.90 Å². The van der Waals surface area contributed by atoms with E-state index < -0.39 is 5.97 Å². The van der Waals surface area contributed by atoms with E-state index >= 15 is 0 Å². The first-order chi connectivity index (χ1) is 8.07. The van der Waals surface area contributed by atoms with Crippen molar-refractivity contribution < 1.29 is 9.90 Å². The van der Waals surface area contributed by atoms with Crippen LogP contribution in [-0.4, -0.2) is 20.6 Å². The largest absolute Gasteiger partial charge is 0.478 e. The van der Waals surface area contributed by atoms with E-state index in [2.05, 4.69) is 18.8 Å². The van der Waals surface area contributed by atoms with E-state index in [4.69, 9.17) is 0 Å². The first-order valence-electron chi connectivity index (χ1n) is 5.76. The summed E-state index contributed by atoms with van der Waals surface area (Å²) in [6.45, 7) is 6.00. The van der Waals surface area contributed by atoms with Crippen molar-refractivity contribution in [2.24, 2.45) is 0 Å². The third-order valence-electron chi connectivity index (χ3n) is 3.25. The van der Waals surface area contributed by atoms with Crippen molar-refractivity contribution >= 4 is 17.0 Å². The average Bonchev–Trinajstić information content (AvgIpc) is 2.60. The van der Waals surface area contributed by atoms with Crippen LogP contribution in [0.2, 0.25) is 0 Å². The van der Waals surface area contributed by atoms with Crippen molar-refractivity contribution in [1.29, 1.82) is 0 Å². The molecule has 0 spiro atoms. The fourth-order valence-electron chi connectivity index (χ4n) is 2.25. The Morgan fingerprint density at radius 1 is 1.59 bits per heavy atom. The number of carboxylic acids is 1. The number of aromatic carboxylic acids is 1. The molecule has 1 N–H and O–H groups in total.